The molecule has 0 amide bonds. The van der Waals surface area contributed by atoms with Gasteiger partial charge in [0.15, 0.2) is 0 Å². The predicted octanol–water partition coefficient (Wildman–Crippen LogP) is 7.90. The molecule has 1 aliphatic heterocycles. The molecule has 5 nitrogen and oxygen atoms in total. The zero-order valence-corrected chi connectivity index (χ0v) is 24.6. The average molecular weight is 719 g/mol. The normalized spacial score (nSPS) is 14.3. The van der Waals surface area contributed by atoms with Gasteiger partial charge in [-0.3, -0.25) is 0 Å². The molecule has 41 heavy (non-hydrogen) atoms. The van der Waals surface area contributed by atoms with Crippen molar-refractivity contribution in [1.29, 1.82) is 0 Å². The third-order valence-electron chi connectivity index (χ3n) is 7.39. The maximum atomic E-state index is 8.15. The molecule has 0 N–H and O–H groups in total. The molecule has 0 radical (unpaired) electrons. The summed E-state index contributed by atoms with van der Waals surface area (Å²) < 4.78 is 34.8. The third-order valence-corrected chi connectivity index (χ3v) is 8.40. The van der Waals surface area contributed by atoms with Crippen molar-refractivity contribution >= 4 is 22.5 Å². The van der Waals surface area contributed by atoms with E-state index in [4.69, 9.17) is 8.85 Å². The van der Waals surface area contributed by atoms with Gasteiger partial charge in [0.2, 0.25) is 0 Å². The first-order valence-electron chi connectivity index (χ1n) is 15.0. The minimum absolute atomic E-state index is 0.503. The molecule has 1 aliphatic rings. The molecule has 0 unspecified atom stereocenters. The summed E-state index contributed by atoms with van der Waals surface area (Å²) in [5.41, 5.74) is 7.63. The zero-order chi connectivity index (χ0) is 30.4. The van der Waals surface area contributed by atoms with Crippen LogP contribution in [-0.2, 0) is 32.8 Å². The standard InChI is InChI=1S/C35H28N4O.Pt/c1-25-17-18-36-35(20-25)38-19-9-14-30-31(26-10-4-3-5-11-26)22-29(23-34(30)38)40-28-13-8-12-27(21-28)39-24-37(2)32-15-6-7-16-33(32)39;/h3-8,10-13,15-18,20,22H,9,14,19H2,1-2H3;/q-2;/i2D3;. The summed E-state index contributed by atoms with van der Waals surface area (Å²) >= 11 is 2.07. The maximum absolute atomic E-state index is 8.15. The first-order chi connectivity index (χ1) is 21.3. The second-order valence-corrected chi connectivity index (χ2v) is 11.1. The molecule has 0 aliphatic carbocycles. The van der Waals surface area contributed by atoms with E-state index in [9.17, 15) is 0 Å². The van der Waals surface area contributed by atoms with Crippen molar-refractivity contribution in [2.45, 2.75) is 19.8 Å². The van der Waals surface area contributed by atoms with E-state index in [1.54, 1.807) is 0 Å². The van der Waals surface area contributed by atoms with Crippen LogP contribution < -0.4 is 9.64 Å². The zero-order valence-electron chi connectivity index (χ0n) is 25.4. The van der Waals surface area contributed by atoms with Gasteiger partial charge in [-0.25, -0.2) is 0 Å². The van der Waals surface area contributed by atoms with E-state index in [0.29, 0.717) is 26.5 Å². The molecule has 7 rings (SSSR count). The summed E-state index contributed by atoms with van der Waals surface area (Å²) in [6.07, 6.45) is 3.79. The molecule has 0 fully saturated rings. The Morgan fingerprint density at radius 3 is 2.56 bits per heavy atom. The Morgan fingerprint density at radius 2 is 1.73 bits per heavy atom. The summed E-state index contributed by atoms with van der Waals surface area (Å²) in [5.74, 6) is 1.96. The predicted molar refractivity (Wildman–Crippen MR) is 159 cm³/mol. The average Bonchev–Trinajstić information content (AvgIpc) is 3.33. The van der Waals surface area contributed by atoms with Gasteiger partial charge in [0, 0.05) is 6.20 Å². The van der Waals surface area contributed by atoms with E-state index < -0.39 is 6.98 Å². The van der Waals surface area contributed by atoms with E-state index in [-0.39, 0.29) is 0 Å². The van der Waals surface area contributed by atoms with Crippen molar-refractivity contribution in [1.82, 2.24) is 14.1 Å². The molecular formula is C35H28N4OPt-2. The van der Waals surface area contributed by atoms with E-state index in [1.165, 1.54) is 10.1 Å². The van der Waals surface area contributed by atoms with Gasteiger partial charge in [0.05, 0.1) is 0 Å². The van der Waals surface area contributed by atoms with Crippen molar-refractivity contribution in [3.63, 3.8) is 0 Å². The Morgan fingerprint density at radius 1 is 0.902 bits per heavy atom. The second-order valence-electron chi connectivity index (χ2n) is 10.1. The van der Waals surface area contributed by atoms with Crippen LogP contribution in [0.4, 0.5) is 11.5 Å². The van der Waals surface area contributed by atoms with Gasteiger partial charge in [-0.2, -0.15) is 0 Å². The molecule has 2 aromatic heterocycles. The summed E-state index contributed by atoms with van der Waals surface area (Å²) in [4.78, 5) is 6.92. The topological polar surface area (TPSA) is 35.2 Å². The molecule has 3 heterocycles. The monoisotopic (exact) mass is 718 g/mol. The summed E-state index contributed by atoms with van der Waals surface area (Å²) in [5, 5.41) is 0. The van der Waals surface area contributed by atoms with Crippen molar-refractivity contribution in [2.75, 3.05) is 11.4 Å². The van der Waals surface area contributed by atoms with Crippen molar-refractivity contribution < 1.29 is 28.2 Å². The SMILES string of the molecule is [2H]C([2H])([2H])n1[c](=[Pt])n(-c2[c-]c(Oc3[c-]c4c(c(-c5ccccc5)c3)CCCN4c3cc(C)ccn3)ccc2)c2ccccc21. The minimum atomic E-state index is -2.33. The van der Waals surface area contributed by atoms with E-state index in [2.05, 4.69) is 72.6 Å². The second kappa shape index (κ2) is 10.6. The molecule has 0 saturated heterocycles. The summed E-state index contributed by atoms with van der Waals surface area (Å²) in [7, 11) is 0. The van der Waals surface area contributed by atoms with Gasteiger partial charge >= 0.3 is 225 Å². The Kier molecular flexibility index (Phi) is 5.83. The van der Waals surface area contributed by atoms with E-state index in [0.717, 1.165) is 53.1 Å². The van der Waals surface area contributed by atoms with Gasteiger partial charge in [0.25, 0.3) is 0 Å². The molecule has 0 atom stereocenters. The van der Waals surface area contributed by atoms with Crippen LogP contribution >= 0.6 is 0 Å². The fourth-order valence-electron chi connectivity index (χ4n) is 5.50. The van der Waals surface area contributed by atoms with Crippen LogP contribution in [0.1, 0.15) is 21.7 Å². The number of nitrogens with zero attached hydrogens (tertiary/aromatic N) is 4. The first-order valence-corrected chi connectivity index (χ1v) is 14.7. The van der Waals surface area contributed by atoms with Gasteiger partial charge in [-0.15, -0.1) is 0 Å². The Labute approximate surface area is 254 Å². The van der Waals surface area contributed by atoms with Crippen LogP contribution in [0, 0.1) is 22.9 Å². The molecule has 206 valence electrons. The Bertz CT molecular complexity index is 2070. The quantitative estimate of drug-likeness (QED) is 0.170. The van der Waals surface area contributed by atoms with Crippen LogP contribution in [0.25, 0.3) is 27.8 Å². The number of para-hydroxylation sites is 2. The number of hydrogen-bond acceptors (Lipinski definition) is 3. The number of pyridine rings is 1. The number of rotatable bonds is 5. The number of hydrogen-bond donors (Lipinski definition) is 0. The molecule has 6 aromatic rings. The molecule has 0 bridgehead atoms. The van der Waals surface area contributed by atoms with Gasteiger partial charge < -0.3 is 0 Å². The van der Waals surface area contributed by atoms with Crippen molar-refractivity contribution in [3.05, 3.63) is 124 Å². The van der Waals surface area contributed by atoms with E-state index in [1.807, 2.05) is 77.5 Å². The molecule has 4 aromatic carbocycles. The number of ether oxygens (including phenoxy) is 1. The number of anilines is 2. The van der Waals surface area contributed by atoms with Crippen LogP contribution in [0.5, 0.6) is 11.5 Å². The molecule has 0 spiro atoms. The number of aryl methyl sites for hydroxylation is 2. The molecule has 0 saturated carbocycles. The third kappa shape index (κ3) is 4.75. The van der Waals surface area contributed by atoms with Crippen molar-refractivity contribution in [2.24, 2.45) is 6.98 Å². The number of benzene rings is 4. The van der Waals surface area contributed by atoms with Crippen LogP contribution in [0.3, 0.4) is 0 Å². The molecular weight excluding hydrogens is 687 g/mol. The first kappa shape index (κ1) is 22.5. The van der Waals surface area contributed by atoms with E-state index >= 15 is 0 Å². The number of imidazole rings is 1. The van der Waals surface area contributed by atoms with Crippen LogP contribution in [0.2, 0.25) is 0 Å². The molecule has 6 heteroatoms. The Hall–Kier alpha value is -4.21. The summed E-state index contributed by atoms with van der Waals surface area (Å²) in [6, 6.07) is 36.6. The van der Waals surface area contributed by atoms with Gasteiger partial charge in [0.1, 0.15) is 0 Å². The fourth-order valence-corrected chi connectivity index (χ4v) is 6.32. The number of fused-ring (bicyclic) bond motifs is 2. The van der Waals surface area contributed by atoms with Crippen LogP contribution in [-0.4, -0.2) is 20.7 Å². The van der Waals surface area contributed by atoms with Gasteiger partial charge in [-0.05, 0) is 18.6 Å². The van der Waals surface area contributed by atoms with Crippen LogP contribution in [0.15, 0.2) is 97.2 Å². The number of aromatic nitrogens is 3. The Balaban J connectivity index is 1.34. The van der Waals surface area contributed by atoms with Gasteiger partial charge in [-0.1, -0.05) is 6.07 Å². The fraction of sp³-hybridized carbons (Fsp3) is 0.143. The summed E-state index contributed by atoms with van der Waals surface area (Å²) in [6.45, 7) is 0.578. The van der Waals surface area contributed by atoms with Crippen molar-refractivity contribution in [3.8, 4) is 28.3 Å².